The number of aryl methyl sites for hydroxylation is 1. The van der Waals surface area contributed by atoms with Crippen LogP contribution in [-0.4, -0.2) is 74.9 Å². The number of nitrogens with zero attached hydrogens (tertiary/aromatic N) is 5. The zero-order valence-electron chi connectivity index (χ0n) is 20.2. The van der Waals surface area contributed by atoms with E-state index in [1.165, 1.54) is 10.7 Å². The van der Waals surface area contributed by atoms with Crippen molar-refractivity contribution in [3.8, 4) is 0 Å². The molecule has 2 aliphatic heterocycles. The first kappa shape index (κ1) is 23.3. The van der Waals surface area contributed by atoms with Crippen molar-refractivity contribution in [1.82, 2.24) is 19.5 Å². The first-order chi connectivity index (χ1) is 16.7. The number of hydrogen-bond donors (Lipinski definition) is 2. The number of hydrogen-bond acceptors (Lipinski definition) is 7. The van der Waals surface area contributed by atoms with Crippen LogP contribution in [0.3, 0.4) is 0 Å². The molecule has 1 saturated heterocycles. The maximum Gasteiger partial charge on any atom is 0.276 e. The highest BCUT2D eigenvalue weighted by Crippen LogP contribution is 2.35. The second-order valence-corrected chi connectivity index (χ2v) is 9.82. The molecule has 1 aromatic carbocycles. The highest BCUT2D eigenvalue weighted by atomic mass is 16.5. The monoisotopic (exact) mass is 478 g/mol. The van der Waals surface area contributed by atoms with Crippen LogP contribution in [-0.2, 0) is 11.3 Å². The fraction of sp³-hybridized carbons (Fsp3) is 0.440. The van der Waals surface area contributed by atoms with Crippen LogP contribution in [0.5, 0.6) is 0 Å². The summed E-state index contributed by atoms with van der Waals surface area (Å²) in [5.74, 6) is -0.385. The van der Waals surface area contributed by atoms with Gasteiger partial charge < -0.3 is 25.0 Å². The van der Waals surface area contributed by atoms with Crippen molar-refractivity contribution in [3.05, 3.63) is 53.0 Å². The molecule has 35 heavy (non-hydrogen) atoms. The number of ether oxygens (including phenoxy) is 1. The van der Waals surface area contributed by atoms with Crippen molar-refractivity contribution in [3.63, 3.8) is 0 Å². The normalized spacial score (nSPS) is 16.2. The van der Waals surface area contributed by atoms with Gasteiger partial charge in [0, 0.05) is 31.7 Å². The fourth-order valence-electron chi connectivity index (χ4n) is 4.48. The summed E-state index contributed by atoms with van der Waals surface area (Å²) in [5.41, 5.74) is 3.94. The number of nitrogens with one attached hydrogen (secondary N) is 1. The van der Waals surface area contributed by atoms with E-state index in [4.69, 9.17) is 4.74 Å². The predicted octanol–water partition coefficient (Wildman–Crippen LogP) is 2.24. The lowest BCUT2D eigenvalue weighted by Crippen LogP contribution is -2.37. The van der Waals surface area contributed by atoms with Gasteiger partial charge in [-0.25, -0.2) is 9.50 Å². The van der Waals surface area contributed by atoms with Crippen molar-refractivity contribution < 1.29 is 19.4 Å². The number of carbonyl (C=O) groups excluding carboxylic acids is 2. The second-order valence-electron chi connectivity index (χ2n) is 9.82. The standard InChI is InChI=1S/C25H30N6O4/c1-16-10-22-26-14-21(31(22)27-13-16)23(32)28-19-11-17-15-30(5-4-25(2,3)34)24(33)18(17)12-20(19)29-6-8-35-9-7-29/h10-14,34H,4-9,15H2,1-3H3,(H,28,32). The highest BCUT2D eigenvalue weighted by Gasteiger charge is 2.31. The third kappa shape index (κ3) is 4.71. The van der Waals surface area contributed by atoms with Gasteiger partial charge in [0.2, 0.25) is 0 Å². The maximum absolute atomic E-state index is 13.3. The van der Waals surface area contributed by atoms with Crippen LogP contribution in [0.4, 0.5) is 11.4 Å². The molecule has 0 atom stereocenters. The molecule has 4 heterocycles. The van der Waals surface area contributed by atoms with Crippen LogP contribution < -0.4 is 10.2 Å². The zero-order chi connectivity index (χ0) is 24.7. The molecule has 3 aromatic rings. The molecular weight excluding hydrogens is 448 g/mol. The van der Waals surface area contributed by atoms with Crippen LogP contribution >= 0.6 is 0 Å². The van der Waals surface area contributed by atoms with Gasteiger partial charge in [0.1, 0.15) is 0 Å². The number of rotatable bonds is 6. The van der Waals surface area contributed by atoms with E-state index in [9.17, 15) is 14.7 Å². The lowest BCUT2D eigenvalue weighted by atomic mass is 10.1. The summed E-state index contributed by atoms with van der Waals surface area (Å²) >= 11 is 0. The summed E-state index contributed by atoms with van der Waals surface area (Å²) < 4.78 is 7.03. The largest absolute Gasteiger partial charge is 0.390 e. The van der Waals surface area contributed by atoms with Crippen LogP contribution in [0.1, 0.15) is 52.2 Å². The van der Waals surface area contributed by atoms with Gasteiger partial charge in [0.15, 0.2) is 11.3 Å². The lowest BCUT2D eigenvalue weighted by molar-refractivity contribution is 0.0517. The SMILES string of the molecule is Cc1cnn2c(C(=O)Nc3cc4c(cc3N3CCOCC3)C(=O)N(CCC(C)(C)O)C4)cnc2c1. The van der Waals surface area contributed by atoms with Gasteiger partial charge in [-0.3, -0.25) is 9.59 Å². The van der Waals surface area contributed by atoms with Gasteiger partial charge in [-0.2, -0.15) is 5.10 Å². The molecular formula is C25H30N6O4. The molecule has 0 radical (unpaired) electrons. The van der Waals surface area contributed by atoms with Gasteiger partial charge in [-0.05, 0) is 56.5 Å². The molecule has 0 unspecified atom stereocenters. The highest BCUT2D eigenvalue weighted by molar-refractivity contribution is 6.07. The molecule has 0 saturated carbocycles. The Hall–Kier alpha value is -3.50. The smallest absolute Gasteiger partial charge is 0.276 e. The third-order valence-corrected chi connectivity index (χ3v) is 6.42. The van der Waals surface area contributed by atoms with E-state index >= 15 is 0 Å². The van der Waals surface area contributed by atoms with E-state index in [0.29, 0.717) is 68.4 Å². The molecule has 1 fully saturated rings. The van der Waals surface area contributed by atoms with Gasteiger partial charge in [-0.1, -0.05) is 0 Å². The minimum absolute atomic E-state index is 0.0574. The molecule has 2 N–H and O–H groups in total. The van der Waals surface area contributed by atoms with Crippen molar-refractivity contribution in [2.24, 2.45) is 0 Å². The number of morpholine rings is 1. The predicted molar refractivity (Wildman–Crippen MR) is 131 cm³/mol. The number of amides is 2. The van der Waals surface area contributed by atoms with Crippen molar-refractivity contribution in [1.29, 1.82) is 0 Å². The number of aliphatic hydroxyl groups is 1. The van der Waals surface area contributed by atoms with Crippen molar-refractivity contribution >= 4 is 28.8 Å². The number of benzene rings is 1. The molecule has 0 bridgehead atoms. The second kappa shape index (κ2) is 8.94. The average molecular weight is 479 g/mol. The number of carbonyl (C=O) groups is 2. The van der Waals surface area contributed by atoms with E-state index in [0.717, 1.165) is 16.8 Å². The summed E-state index contributed by atoms with van der Waals surface area (Å²) in [5, 5.41) is 17.5. The van der Waals surface area contributed by atoms with Gasteiger partial charge in [0.05, 0.1) is 42.6 Å². The quantitative estimate of drug-likeness (QED) is 0.559. The molecule has 184 valence electrons. The Kier molecular flexibility index (Phi) is 5.94. The molecule has 0 spiro atoms. The average Bonchev–Trinajstić information content (AvgIpc) is 3.37. The topological polar surface area (TPSA) is 112 Å². The first-order valence-corrected chi connectivity index (χ1v) is 11.8. The summed E-state index contributed by atoms with van der Waals surface area (Å²) in [6.45, 7) is 8.77. The summed E-state index contributed by atoms with van der Waals surface area (Å²) in [6, 6.07) is 5.63. The Morgan fingerprint density at radius 3 is 2.71 bits per heavy atom. The van der Waals surface area contributed by atoms with Crippen LogP contribution in [0.15, 0.2) is 30.6 Å². The summed E-state index contributed by atoms with van der Waals surface area (Å²) in [6.07, 6.45) is 3.68. The summed E-state index contributed by atoms with van der Waals surface area (Å²) in [7, 11) is 0. The number of aromatic nitrogens is 3. The van der Waals surface area contributed by atoms with Crippen LogP contribution in [0, 0.1) is 6.92 Å². The van der Waals surface area contributed by atoms with E-state index in [1.807, 2.05) is 25.1 Å². The Labute approximate surface area is 203 Å². The molecule has 0 aliphatic carbocycles. The number of anilines is 2. The van der Waals surface area contributed by atoms with Gasteiger partial charge >= 0.3 is 0 Å². The van der Waals surface area contributed by atoms with Crippen LogP contribution in [0.2, 0.25) is 0 Å². The van der Waals surface area contributed by atoms with Crippen molar-refractivity contribution in [2.75, 3.05) is 43.1 Å². The lowest BCUT2D eigenvalue weighted by Gasteiger charge is -2.31. The first-order valence-electron chi connectivity index (χ1n) is 11.8. The Morgan fingerprint density at radius 2 is 1.97 bits per heavy atom. The van der Waals surface area contributed by atoms with Gasteiger partial charge in [-0.15, -0.1) is 0 Å². The van der Waals surface area contributed by atoms with Gasteiger partial charge in [0.25, 0.3) is 11.8 Å². The molecule has 2 aliphatic rings. The third-order valence-electron chi connectivity index (χ3n) is 6.42. The fourth-order valence-corrected chi connectivity index (χ4v) is 4.48. The van der Waals surface area contributed by atoms with Crippen molar-refractivity contribution in [2.45, 2.75) is 39.3 Å². The minimum Gasteiger partial charge on any atom is -0.390 e. The zero-order valence-corrected chi connectivity index (χ0v) is 20.2. The molecule has 10 nitrogen and oxygen atoms in total. The van der Waals surface area contributed by atoms with E-state index in [2.05, 4.69) is 20.3 Å². The maximum atomic E-state index is 13.3. The molecule has 2 aromatic heterocycles. The minimum atomic E-state index is -0.853. The Bertz CT molecular complexity index is 1290. The Morgan fingerprint density at radius 1 is 1.20 bits per heavy atom. The summed E-state index contributed by atoms with van der Waals surface area (Å²) in [4.78, 5) is 34.6. The number of fused-ring (bicyclic) bond motifs is 2. The molecule has 5 rings (SSSR count). The number of imidazole rings is 1. The van der Waals surface area contributed by atoms with E-state index in [1.54, 1.807) is 24.9 Å². The molecule has 2 amide bonds. The Balaban J connectivity index is 1.47. The van der Waals surface area contributed by atoms with E-state index in [-0.39, 0.29) is 11.8 Å². The van der Waals surface area contributed by atoms with E-state index < -0.39 is 5.60 Å². The molecule has 10 heteroatoms. The van der Waals surface area contributed by atoms with Crippen LogP contribution in [0.25, 0.3) is 5.65 Å².